The van der Waals surface area contributed by atoms with Crippen LogP contribution in [0.4, 0.5) is 4.39 Å². The van der Waals surface area contributed by atoms with Crippen LogP contribution in [0.5, 0.6) is 5.75 Å². The Kier molecular flexibility index (Phi) is 4.29. The first kappa shape index (κ1) is 16.6. The summed E-state index contributed by atoms with van der Waals surface area (Å²) in [6, 6.07) is 5.49. The molecule has 2 aromatic rings. The van der Waals surface area contributed by atoms with Crippen molar-refractivity contribution < 1.29 is 22.0 Å². The van der Waals surface area contributed by atoms with Crippen LogP contribution in [0, 0.1) is 11.7 Å². The average Bonchev–Trinajstić information content (AvgIpc) is 3.36. The van der Waals surface area contributed by atoms with Gasteiger partial charge in [0.2, 0.25) is 10.0 Å². The van der Waals surface area contributed by atoms with Crippen LogP contribution in [0.1, 0.15) is 30.6 Å². The molecule has 7 heteroatoms. The van der Waals surface area contributed by atoms with Gasteiger partial charge in [0.25, 0.3) is 0 Å². The van der Waals surface area contributed by atoms with Gasteiger partial charge in [-0.05, 0) is 49.4 Å². The lowest BCUT2D eigenvalue weighted by Crippen LogP contribution is -2.31. The number of sulfonamides is 1. The van der Waals surface area contributed by atoms with Crippen molar-refractivity contribution in [3.8, 4) is 5.75 Å². The number of hydrogen-bond acceptors (Lipinski definition) is 4. The van der Waals surface area contributed by atoms with Crippen LogP contribution in [-0.2, 0) is 23.0 Å². The Balaban J connectivity index is 1.66. The third-order valence-corrected chi connectivity index (χ3v) is 6.56. The van der Waals surface area contributed by atoms with Gasteiger partial charge in [-0.25, -0.2) is 12.8 Å². The second-order valence-electron chi connectivity index (χ2n) is 6.66. The van der Waals surface area contributed by atoms with Crippen molar-refractivity contribution in [2.45, 2.75) is 37.1 Å². The first-order valence-corrected chi connectivity index (χ1v) is 9.96. The Morgan fingerprint density at radius 3 is 2.92 bits per heavy atom. The number of halogens is 1. The molecule has 0 N–H and O–H groups in total. The minimum absolute atomic E-state index is 0.0971. The summed E-state index contributed by atoms with van der Waals surface area (Å²) in [7, 11) is -3.86. The molecule has 0 spiro atoms. The van der Waals surface area contributed by atoms with Gasteiger partial charge in [0.05, 0.1) is 12.9 Å². The second-order valence-corrected chi connectivity index (χ2v) is 8.56. The molecule has 0 unspecified atom stereocenters. The Bertz CT molecular complexity index is 873. The van der Waals surface area contributed by atoms with Crippen LogP contribution in [0.2, 0.25) is 0 Å². The van der Waals surface area contributed by atoms with Gasteiger partial charge < -0.3 is 9.15 Å². The van der Waals surface area contributed by atoms with E-state index in [4.69, 9.17) is 9.15 Å². The van der Waals surface area contributed by atoms with Crippen LogP contribution in [-0.4, -0.2) is 25.9 Å². The average molecular weight is 365 g/mol. The van der Waals surface area contributed by atoms with Crippen molar-refractivity contribution in [2.24, 2.45) is 5.92 Å². The fourth-order valence-electron chi connectivity index (χ4n) is 3.05. The Labute approximate surface area is 146 Å². The maximum Gasteiger partial charge on any atom is 0.247 e. The SMILES string of the molecule is O=S(=O)(c1cc(F)ccc1OCC1CC1)N1CCCc2occc2C1. The molecule has 1 aliphatic heterocycles. The van der Waals surface area contributed by atoms with Gasteiger partial charge in [-0.1, -0.05) is 0 Å². The van der Waals surface area contributed by atoms with Crippen LogP contribution < -0.4 is 4.74 Å². The zero-order valence-electron chi connectivity index (χ0n) is 13.8. The van der Waals surface area contributed by atoms with E-state index in [0.717, 1.165) is 30.2 Å². The molecule has 0 amide bonds. The van der Waals surface area contributed by atoms with E-state index < -0.39 is 15.8 Å². The van der Waals surface area contributed by atoms with Crippen molar-refractivity contribution in [3.63, 3.8) is 0 Å². The van der Waals surface area contributed by atoms with E-state index in [9.17, 15) is 12.8 Å². The molecular weight excluding hydrogens is 345 g/mol. The van der Waals surface area contributed by atoms with E-state index in [1.807, 2.05) is 0 Å². The number of hydrogen-bond donors (Lipinski definition) is 0. The third-order valence-electron chi connectivity index (χ3n) is 4.69. The Morgan fingerprint density at radius 2 is 2.12 bits per heavy atom. The molecule has 1 aliphatic carbocycles. The molecule has 1 aromatic heterocycles. The van der Waals surface area contributed by atoms with Gasteiger partial charge >= 0.3 is 0 Å². The topological polar surface area (TPSA) is 59.8 Å². The predicted molar refractivity (Wildman–Crippen MR) is 89.2 cm³/mol. The highest BCUT2D eigenvalue weighted by Gasteiger charge is 2.31. The molecular formula is C18H20FNO4S. The van der Waals surface area contributed by atoms with Crippen LogP contribution >= 0.6 is 0 Å². The quantitative estimate of drug-likeness (QED) is 0.815. The fourth-order valence-corrected chi connectivity index (χ4v) is 4.65. The molecule has 5 nitrogen and oxygen atoms in total. The molecule has 25 heavy (non-hydrogen) atoms. The second kappa shape index (κ2) is 6.46. The zero-order chi connectivity index (χ0) is 17.4. The van der Waals surface area contributed by atoms with E-state index in [2.05, 4.69) is 0 Å². The highest BCUT2D eigenvalue weighted by Crippen LogP contribution is 2.34. The van der Waals surface area contributed by atoms with Crippen molar-refractivity contribution in [3.05, 3.63) is 47.7 Å². The molecule has 0 saturated heterocycles. The summed E-state index contributed by atoms with van der Waals surface area (Å²) < 4.78 is 52.6. The summed E-state index contributed by atoms with van der Waals surface area (Å²) >= 11 is 0. The van der Waals surface area contributed by atoms with Crippen molar-refractivity contribution >= 4 is 10.0 Å². The summed E-state index contributed by atoms with van der Waals surface area (Å²) in [5.74, 6) is 0.940. The van der Waals surface area contributed by atoms with E-state index in [0.29, 0.717) is 31.9 Å². The molecule has 4 rings (SSSR count). The van der Waals surface area contributed by atoms with Gasteiger partial charge in [0.15, 0.2) is 0 Å². The Morgan fingerprint density at radius 1 is 1.28 bits per heavy atom. The molecule has 1 saturated carbocycles. The molecule has 2 heterocycles. The van der Waals surface area contributed by atoms with Gasteiger partial charge in [0.1, 0.15) is 22.2 Å². The highest BCUT2D eigenvalue weighted by atomic mass is 32.2. The van der Waals surface area contributed by atoms with Gasteiger partial charge in [-0.3, -0.25) is 0 Å². The largest absolute Gasteiger partial charge is 0.492 e. The number of aryl methyl sites for hydroxylation is 1. The van der Waals surface area contributed by atoms with Gasteiger partial charge in [-0.15, -0.1) is 0 Å². The number of ether oxygens (including phenoxy) is 1. The lowest BCUT2D eigenvalue weighted by molar-refractivity contribution is 0.290. The maximum absolute atomic E-state index is 13.8. The van der Waals surface area contributed by atoms with Crippen LogP contribution in [0.25, 0.3) is 0 Å². The van der Waals surface area contributed by atoms with E-state index in [-0.39, 0.29) is 17.2 Å². The third kappa shape index (κ3) is 3.43. The molecule has 0 bridgehead atoms. The molecule has 0 radical (unpaired) electrons. The number of fused-ring (bicyclic) bond motifs is 1. The highest BCUT2D eigenvalue weighted by molar-refractivity contribution is 7.89. The molecule has 1 aromatic carbocycles. The zero-order valence-corrected chi connectivity index (χ0v) is 14.6. The standard InChI is InChI=1S/C18H20FNO4S/c19-15-5-6-17(24-12-13-3-4-13)18(10-15)25(21,22)20-8-1-2-16-14(11-20)7-9-23-16/h5-7,9-10,13H,1-4,8,11-12H2. The summed E-state index contributed by atoms with van der Waals surface area (Å²) in [5.41, 5.74) is 0.859. The predicted octanol–water partition coefficient (Wildman–Crippen LogP) is 3.34. The lowest BCUT2D eigenvalue weighted by atomic mass is 10.2. The van der Waals surface area contributed by atoms with Gasteiger partial charge in [-0.2, -0.15) is 4.31 Å². The Hall–Kier alpha value is -1.86. The fraction of sp³-hybridized carbons (Fsp3) is 0.444. The van der Waals surface area contributed by atoms with Crippen molar-refractivity contribution in [1.82, 2.24) is 4.31 Å². The number of benzene rings is 1. The van der Waals surface area contributed by atoms with E-state index >= 15 is 0 Å². The maximum atomic E-state index is 13.8. The van der Waals surface area contributed by atoms with Crippen LogP contribution in [0.15, 0.2) is 39.8 Å². The number of furan rings is 1. The van der Waals surface area contributed by atoms with Crippen molar-refractivity contribution in [2.75, 3.05) is 13.2 Å². The van der Waals surface area contributed by atoms with Gasteiger partial charge in [0, 0.05) is 25.1 Å². The minimum atomic E-state index is -3.86. The first-order chi connectivity index (χ1) is 12.0. The number of rotatable bonds is 5. The minimum Gasteiger partial charge on any atom is -0.492 e. The molecule has 134 valence electrons. The summed E-state index contributed by atoms with van der Waals surface area (Å²) in [4.78, 5) is -0.0971. The monoisotopic (exact) mass is 365 g/mol. The smallest absolute Gasteiger partial charge is 0.247 e. The normalized spacial score (nSPS) is 18.6. The molecule has 0 atom stereocenters. The van der Waals surface area contributed by atoms with E-state index in [1.165, 1.54) is 16.4 Å². The first-order valence-electron chi connectivity index (χ1n) is 8.52. The molecule has 1 fully saturated rings. The van der Waals surface area contributed by atoms with Crippen LogP contribution in [0.3, 0.4) is 0 Å². The lowest BCUT2D eigenvalue weighted by Gasteiger charge is -2.21. The van der Waals surface area contributed by atoms with E-state index in [1.54, 1.807) is 12.3 Å². The summed E-state index contributed by atoms with van der Waals surface area (Å²) in [6.45, 7) is 1.07. The number of nitrogens with zero attached hydrogens (tertiary/aromatic N) is 1. The van der Waals surface area contributed by atoms with Crippen molar-refractivity contribution in [1.29, 1.82) is 0 Å². The summed E-state index contributed by atoms with van der Waals surface area (Å²) in [6.07, 6.45) is 5.13. The molecule has 2 aliphatic rings. The summed E-state index contributed by atoms with van der Waals surface area (Å²) in [5, 5.41) is 0.